The van der Waals surface area contributed by atoms with E-state index in [-0.39, 0.29) is 16.4 Å². The van der Waals surface area contributed by atoms with E-state index in [1.54, 1.807) is 36.5 Å². The highest BCUT2D eigenvalue weighted by atomic mass is 32.1. The molecule has 3 N–H and O–H groups in total. The van der Waals surface area contributed by atoms with Gasteiger partial charge in [0.15, 0.2) is 6.19 Å². The Morgan fingerprint density at radius 2 is 1.82 bits per heavy atom. The van der Waals surface area contributed by atoms with Gasteiger partial charge in [-0.05, 0) is 48.0 Å². The zero-order valence-corrected chi connectivity index (χ0v) is 20.8. The van der Waals surface area contributed by atoms with Gasteiger partial charge >= 0.3 is 0 Å². The van der Waals surface area contributed by atoms with E-state index in [1.165, 1.54) is 17.7 Å². The molecular weight excluding hydrogens is 510 g/mol. The Kier molecular flexibility index (Phi) is 7.84. The second-order valence-electron chi connectivity index (χ2n) is 7.80. The molecule has 11 heteroatoms. The van der Waals surface area contributed by atoms with Crippen LogP contribution in [0.25, 0.3) is 27.7 Å². The molecule has 0 radical (unpaired) electrons. The monoisotopic (exact) mass is 530 g/mol. The van der Waals surface area contributed by atoms with Crippen LogP contribution in [0, 0.1) is 23.1 Å². The molecule has 2 heterocycles. The number of anilines is 2. The lowest BCUT2D eigenvalue weighted by atomic mass is 10.0. The van der Waals surface area contributed by atoms with Gasteiger partial charge in [0.25, 0.3) is 5.56 Å². The first-order chi connectivity index (χ1) is 18.3. The summed E-state index contributed by atoms with van der Waals surface area (Å²) in [5.41, 5.74) is 8.65. The van der Waals surface area contributed by atoms with Crippen molar-refractivity contribution in [3.8, 4) is 28.9 Å². The average Bonchev–Trinajstić information content (AvgIpc) is 2.92. The van der Waals surface area contributed by atoms with E-state index >= 15 is 0 Å². The minimum atomic E-state index is -0.627. The summed E-state index contributed by atoms with van der Waals surface area (Å²) in [4.78, 5) is 22.1. The van der Waals surface area contributed by atoms with Gasteiger partial charge in [-0.15, -0.1) is 12.6 Å². The quantitative estimate of drug-likeness (QED) is 0.166. The number of methoxy groups -OCH3 is 1. The number of rotatable bonds is 4. The number of nitrogens with one attached hydrogen (secondary N) is 1. The molecule has 38 heavy (non-hydrogen) atoms. The van der Waals surface area contributed by atoms with Crippen molar-refractivity contribution in [1.29, 1.82) is 5.26 Å². The SMILES string of the molecule is COc1ncc(-c2ccc3nc(NC#N)n(-c4ccccc4)c(=O)c3c2)cc1N.Fc1ccc(S)c(F)c1. The number of hydrogen-bond donors (Lipinski definition) is 3. The first-order valence-electron chi connectivity index (χ1n) is 11.0. The Labute approximate surface area is 221 Å². The summed E-state index contributed by atoms with van der Waals surface area (Å²) in [6.45, 7) is 0. The molecule has 2 aromatic heterocycles. The molecule has 0 spiro atoms. The second kappa shape index (κ2) is 11.4. The Hall–Kier alpha value is -4.95. The Morgan fingerprint density at radius 1 is 1.05 bits per heavy atom. The predicted molar refractivity (Wildman–Crippen MR) is 144 cm³/mol. The third-order valence-corrected chi connectivity index (χ3v) is 5.73. The van der Waals surface area contributed by atoms with Crippen molar-refractivity contribution in [2.45, 2.75) is 4.90 Å². The summed E-state index contributed by atoms with van der Waals surface area (Å²) < 4.78 is 30.8. The zero-order chi connectivity index (χ0) is 27.2. The standard InChI is InChI=1S/C21H16N6O2.C6H4F2S/c1-29-19-17(23)10-14(11-24-19)13-7-8-18-16(9-13)20(28)27(21(26-18)25-12-22)15-5-3-2-4-6-15;7-4-1-2-6(9)5(8)3-4/h2-11H,23H2,1H3,(H,25,26);1-3,9H. The largest absolute Gasteiger partial charge is 0.480 e. The fourth-order valence-electron chi connectivity index (χ4n) is 3.59. The van der Waals surface area contributed by atoms with E-state index in [4.69, 9.17) is 15.7 Å². The van der Waals surface area contributed by atoms with Gasteiger partial charge in [-0.3, -0.25) is 10.1 Å². The molecule has 0 saturated heterocycles. The number of ether oxygens (including phenoxy) is 1. The van der Waals surface area contributed by atoms with Crippen molar-refractivity contribution in [2.75, 3.05) is 18.2 Å². The Balaban J connectivity index is 0.000000317. The lowest BCUT2D eigenvalue weighted by Gasteiger charge is -2.13. The smallest absolute Gasteiger partial charge is 0.267 e. The molecule has 190 valence electrons. The molecular formula is C27H20F2N6O2S. The number of aromatic nitrogens is 3. The minimum Gasteiger partial charge on any atom is -0.480 e. The van der Waals surface area contributed by atoms with Gasteiger partial charge in [-0.2, -0.15) is 5.26 Å². The fourth-order valence-corrected chi connectivity index (χ4v) is 3.73. The highest BCUT2D eigenvalue weighted by molar-refractivity contribution is 7.80. The van der Waals surface area contributed by atoms with Crippen molar-refractivity contribution in [2.24, 2.45) is 0 Å². The highest BCUT2D eigenvalue weighted by Gasteiger charge is 2.14. The van der Waals surface area contributed by atoms with Crippen LogP contribution in [0.15, 0.2) is 88.7 Å². The van der Waals surface area contributed by atoms with Gasteiger partial charge in [-0.25, -0.2) is 23.3 Å². The third-order valence-electron chi connectivity index (χ3n) is 5.37. The third kappa shape index (κ3) is 5.55. The van der Waals surface area contributed by atoms with Crippen molar-refractivity contribution < 1.29 is 13.5 Å². The number of nitrogens with two attached hydrogens (primary N) is 1. The van der Waals surface area contributed by atoms with Crippen LogP contribution in [0.5, 0.6) is 5.88 Å². The molecule has 0 aliphatic heterocycles. The molecule has 0 saturated carbocycles. The number of thiol groups is 1. The maximum absolute atomic E-state index is 13.3. The minimum absolute atomic E-state index is 0.152. The maximum Gasteiger partial charge on any atom is 0.267 e. The van der Waals surface area contributed by atoms with Gasteiger partial charge in [0, 0.05) is 22.7 Å². The molecule has 0 fully saturated rings. The molecule has 0 atom stereocenters. The summed E-state index contributed by atoms with van der Waals surface area (Å²) in [6, 6.07) is 19.3. The van der Waals surface area contributed by atoms with Crippen LogP contribution in [0.1, 0.15) is 0 Å². The van der Waals surface area contributed by atoms with Crippen LogP contribution in [-0.4, -0.2) is 21.6 Å². The number of pyridine rings is 1. The van der Waals surface area contributed by atoms with E-state index in [0.717, 1.165) is 23.3 Å². The van der Waals surface area contributed by atoms with E-state index in [0.29, 0.717) is 28.2 Å². The summed E-state index contributed by atoms with van der Waals surface area (Å²) in [5.74, 6) is -0.710. The van der Waals surface area contributed by atoms with Crippen molar-refractivity contribution in [3.05, 3.63) is 101 Å². The number of nitriles is 1. The summed E-state index contributed by atoms with van der Waals surface area (Å²) in [5, 5.41) is 12.0. The normalized spacial score (nSPS) is 10.3. The lowest BCUT2D eigenvalue weighted by molar-refractivity contribution is 0.400. The van der Waals surface area contributed by atoms with Crippen LogP contribution in [0.2, 0.25) is 0 Å². The first-order valence-corrected chi connectivity index (χ1v) is 11.5. The Morgan fingerprint density at radius 3 is 2.45 bits per heavy atom. The van der Waals surface area contributed by atoms with Gasteiger partial charge in [0.2, 0.25) is 11.8 Å². The molecule has 3 aromatic carbocycles. The van der Waals surface area contributed by atoms with E-state index < -0.39 is 11.6 Å². The number of nitrogens with zero attached hydrogens (tertiary/aromatic N) is 4. The fraction of sp³-hybridized carbons (Fsp3) is 0.0370. The molecule has 8 nitrogen and oxygen atoms in total. The average molecular weight is 531 g/mol. The van der Waals surface area contributed by atoms with Crippen LogP contribution in [0.3, 0.4) is 0 Å². The summed E-state index contributed by atoms with van der Waals surface area (Å²) in [6.07, 6.45) is 3.46. The first kappa shape index (κ1) is 26.1. The molecule has 0 bridgehead atoms. The summed E-state index contributed by atoms with van der Waals surface area (Å²) >= 11 is 3.70. The van der Waals surface area contributed by atoms with Gasteiger partial charge in [-0.1, -0.05) is 24.3 Å². The zero-order valence-electron chi connectivity index (χ0n) is 19.9. The topological polar surface area (TPSA) is 119 Å². The number of halogens is 2. The van der Waals surface area contributed by atoms with E-state index in [1.807, 2.05) is 30.5 Å². The van der Waals surface area contributed by atoms with Crippen LogP contribution < -0.4 is 21.3 Å². The van der Waals surface area contributed by atoms with Gasteiger partial charge < -0.3 is 10.5 Å². The molecule has 0 unspecified atom stereocenters. The van der Waals surface area contributed by atoms with Crippen molar-refractivity contribution in [3.63, 3.8) is 0 Å². The maximum atomic E-state index is 13.3. The number of benzene rings is 3. The number of hydrogen-bond acceptors (Lipinski definition) is 8. The second-order valence-corrected chi connectivity index (χ2v) is 8.28. The molecule has 0 amide bonds. The molecule has 5 rings (SSSR count). The lowest BCUT2D eigenvalue weighted by Crippen LogP contribution is -2.22. The van der Waals surface area contributed by atoms with Crippen molar-refractivity contribution >= 4 is 35.2 Å². The van der Waals surface area contributed by atoms with Gasteiger partial charge in [0.1, 0.15) is 11.6 Å². The molecule has 0 aliphatic carbocycles. The molecule has 0 aliphatic rings. The van der Waals surface area contributed by atoms with E-state index in [2.05, 4.69) is 27.9 Å². The van der Waals surface area contributed by atoms with E-state index in [9.17, 15) is 13.6 Å². The highest BCUT2D eigenvalue weighted by Crippen LogP contribution is 2.28. The number of nitrogen functional groups attached to an aromatic ring is 1. The van der Waals surface area contributed by atoms with Crippen molar-refractivity contribution in [1.82, 2.24) is 14.5 Å². The number of fused-ring (bicyclic) bond motifs is 1. The molecule has 5 aromatic rings. The van der Waals surface area contributed by atoms with Gasteiger partial charge in [0.05, 0.1) is 29.4 Å². The van der Waals surface area contributed by atoms with Crippen LogP contribution >= 0.6 is 12.6 Å². The van der Waals surface area contributed by atoms with Crippen LogP contribution in [-0.2, 0) is 0 Å². The predicted octanol–water partition coefficient (Wildman–Crippen LogP) is 5.18. The number of para-hydroxylation sites is 1. The summed E-state index contributed by atoms with van der Waals surface area (Å²) in [7, 11) is 1.50. The Bertz CT molecular complexity index is 1720. The van der Waals surface area contributed by atoms with Crippen LogP contribution in [0.4, 0.5) is 20.4 Å².